The van der Waals surface area contributed by atoms with E-state index >= 15 is 0 Å². The molecule has 1 aromatic rings. The first-order valence-corrected chi connectivity index (χ1v) is 8.19. The quantitative estimate of drug-likeness (QED) is 0.919. The first-order chi connectivity index (χ1) is 9.30. The molecule has 1 aliphatic rings. The number of piperidine rings is 1. The lowest BCUT2D eigenvalue weighted by atomic mass is 10.0. The first-order valence-electron chi connectivity index (χ1n) is 6.30. The summed E-state index contributed by atoms with van der Waals surface area (Å²) in [7, 11) is -3.63. The summed E-state index contributed by atoms with van der Waals surface area (Å²) in [6.07, 6.45) is 3.01. The molecule has 1 heterocycles. The second-order valence-corrected chi connectivity index (χ2v) is 6.91. The van der Waals surface area contributed by atoms with E-state index in [0.717, 1.165) is 31.2 Å². The Balaban J connectivity index is 2.53. The van der Waals surface area contributed by atoms with Crippen LogP contribution in [0.25, 0.3) is 0 Å². The van der Waals surface area contributed by atoms with E-state index in [1.165, 1.54) is 6.07 Å². The molecule has 2 rings (SSSR count). The third kappa shape index (κ3) is 2.92. The van der Waals surface area contributed by atoms with E-state index in [1.807, 2.05) is 0 Å². The van der Waals surface area contributed by atoms with E-state index in [2.05, 4.69) is 0 Å². The van der Waals surface area contributed by atoms with E-state index in [9.17, 15) is 22.7 Å². The van der Waals surface area contributed by atoms with Gasteiger partial charge in [0.2, 0.25) is 0 Å². The van der Waals surface area contributed by atoms with Gasteiger partial charge in [0.05, 0.1) is 10.6 Å². The molecule has 1 atom stereocenters. The Morgan fingerprint density at radius 3 is 2.70 bits per heavy atom. The predicted molar refractivity (Wildman–Crippen MR) is 72.1 cm³/mol. The van der Waals surface area contributed by atoms with Crippen LogP contribution in [0.5, 0.6) is 0 Å². The largest absolute Gasteiger partial charge is 0.480 e. The van der Waals surface area contributed by atoms with Crippen molar-refractivity contribution in [3.63, 3.8) is 0 Å². The number of nitrogens with zero attached hydrogens (tertiary/aromatic N) is 1. The van der Waals surface area contributed by atoms with Crippen molar-refractivity contribution in [3.8, 4) is 0 Å². The molecule has 1 fully saturated rings. The molecule has 0 aliphatic carbocycles. The van der Waals surface area contributed by atoms with Crippen molar-refractivity contribution in [3.05, 3.63) is 24.0 Å². The van der Waals surface area contributed by atoms with Crippen LogP contribution in [0.4, 0.5) is 10.1 Å². The normalized spacial score (nSPS) is 19.9. The molecule has 0 aromatic heterocycles. The van der Waals surface area contributed by atoms with Crippen LogP contribution >= 0.6 is 0 Å². The lowest BCUT2D eigenvalue weighted by Gasteiger charge is -2.35. The molecule has 20 heavy (non-hydrogen) atoms. The third-order valence-corrected chi connectivity index (χ3v) is 4.54. The number of halogens is 1. The lowest BCUT2D eigenvalue weighted by molar-refractivity contribution is -0.139. The van der Waals surface area contributed by atoms with Crippen molar-refractivity contribution in [2.24, 2.45) is 0 Å². The van der Waals surface area contributed by atoms with Crippen LogP contribution in [0, 0.1) is 5.82 Å². The number of sulfone groups is 1. The van der Waals surface area contributed by atoms with Gasteiger partial charge in [-0.3, -0.25) is 0 Å². The van der Waals surface area contributed by atoms with E-state index in [1.54, 1.807) is 4.90 Å². The number of carbonyl (C=O) groups is 1. The Hall–Kier alpha value is -1.63. The second kappa shape index (κ2) is 5.40. The van der Waals surface area contributed by atoms with Crippen molar-refractivity contribution in [2.75, 3.05) is 17.7 Å². The first kappa shape index (κ1) is 14.8. The Morgan fingerprint density at radius 1 is 1.40 bits per heavy atom. The molecule has 0 spiro atoms. The van der Waals surface area contributed by atoms with Crippen LogP contribution in [0.3, 0.4) is 0 Å². The van der Waals surface area contributed by atoms with Crippen molar-refractivity contribution >= 4 is 21.5 Å². The monoisotopic (exact) mass is 301 g/mol. The molecular weight excluding hydrogens is 285 g/mol. The molecular formula is C13H16FNO4S. The van der Waals surface area contributed by atoms with Gasteiger partial charge in [0, 0.05) is 12.8 Å². The lowest BCUT2D eigenvalue weighted by Crippen LogP contribution is -2.45. The molecule has 1 saturated heterocycles. The minimum absolute atomic E-state index is 0.161. The summed E-state index contributed by atoms with van der Waals surface area (Å²) in [6.45, 7) is 0.450. The number of benzene rings is 1. The maximum atomic E-state index is 13.3. The summed E-state index contributed by atoms with van der Waals surface area (Å²) in [5.41, 5.74) is 0.265. The summed E-state index contributed by atoms with van der Waals surface area (Å²) in [4.78, 5) is 12.7. The van der Waals surface area contributed by atoms with Gasteiger partial charge in [0.15, 0.2) is 9.84 Å². The molecule has 1 aliphatic heterocycles. The van der Waals surface area contributed by atoms with Gasteiger partial charge < -0.3 is 10.0 Å². The summed E-state index contributed by atoms with van der Waals surface area (Å²) in [5.74, 6) is -1.65. The minimum atomic E-state index is -3.63. The fourth-order valence-electron chi connectivity index (χ4n) is 2.50. The molecule has 7 heteroatoms. The number of rotatable bonds is 3. The Morgan fingerprint density at radius 2 is 2.10 bits per heavy atom. The Labute approximate surface area is 116 Å². The van der Waals surface area contributed by atoms with E-state index in [4.69, 9.17) is 0 Å². The van der Waals surface area contributed by atoms with Gasteiger partial charge in [-0.2, -0.15) is 0 Å². The van der Waals surface area contributed by atoms with Crippen LogP contribution in [0.15, 0.2) is 23.1 Å². The molecule has 1 unspecified atom stereocenters. The highest BCUT2D eigenvalue weighted by Gasteiger charge is 2.31. The van der Waals surface area contributed by atoms with Gasteiger partial charge in [-0.05, 0) is 37.5 Å². The fraction of sp³-hybridized carbons (Fsp3) is 0.462. The minimum Gasteiger partial charge on any atom is -0.480 e. The third-order valence-electron chi connectivity index (χ3n) is 3.42. The zero-order valence-corrected chi connectivity index (χ0v) is 11.9. The summed E-state index contributed by atoms with van der Waals surface area (Å²) >= 11 is 0. The summed E-state index contributed by atoms with van der Waals surface area (Å²) < 4.78 is 36.9. The highest BCUT2D eigenvalue weighted by molar-refractivity contribution is 7.90. The summed E-state index contributed by atoms with van der Waals surface area (Å²) in [6, 6.07) is 2.66. The average Bonchev–Trinajstić information content (AvgIpc) is 2.37. The zero-order chi connectivity index (χ0) is 14.9. The zero-order valence-electron chi connectivity index (χ0n) is 11.0. The number of hydrogen-bond donors (Lipinski definition) is 1. The number of anilines is 1. The number of aliphatic carboxylic acids is 1. The number of carboxylic acid groups (broad SMARTS) is 1. The number of hydrogen-bond acceptors (Lipinski definition) is 4. The van der Waals surface area contributed by atoms with Crippen molar-refractivity contribution in [2.45, 2.75) is 30.2 Å². The molecule has 1 N–H and O–H groups in total. The van der Waals surface area contributed by atoms with Crippen LogP contribution in [0.2, 0.25) is 0 Å². The van der Waals surface area contributed by atoms with E-state index in [0.29, 0.717) is 13.0 Å². The highest BCUT2D eigenvalue weighted by atomic mass is 32.2. The topological polar surface area (TPSA) is 74.7 Å². The summed E-state index contributed by atoms with van der Waals surface area (Å²) in [5, 5.41) is 9.25. The van der Waals surface area contributed by atoms with Crippen LogP contribution in [0.1, 0.15) is 19.3 Å². The maximum absolute atomic E-state index is 13.3. The van der Waals surface area contributed by atoms with E-state index in [-0.39, 0.29) is 10.6 Å². The molecule has 5 nitrogen and oxygen atoms in total. The molecule has 110 valence electrons. The van der Waals surface area contributed by atoms with Crippen LogP contribution in [-0.4, -0.2) is 38.3 Å². The van der Waals surface area contributed by atoms with Gasteiger partial charge in [-0.15, -0.1) is 0 Å². The van der Waals surface area contributed by atoms with E-state index < -0.39 is 27.7 Å². The van der Waals surface area contributed by atoms with Gasteiger partial charge >= 0.3 is 5.97 Å². The van der Waals surface area contributed by atoms with Gasteiger partial charge in [-0.25, -0.2) is 17.6 Å². The van der Waals surface area contributed by atoms with Crippen molar-refractivity contribution < 1.29 is 22.7 Å². The SMILES string of the molecule is CS(=O)(=O)c1cc(F)ccc1N1CCCCC1C(=O)O. The van der Waals surface area contributed by atoms with Crippen LogP contribution < -0.4 is 4.90 Å². The Bertz CT molecular complexity index is 629. The molecule has 0 radical (unpaired) electrons. The average molecular weight is 301 g/mol. The second-order valence-electron chi connectivity index (χ2n) is 4.93. The van der Waals surface area contributed by atoms with Crippen molar-refractivity contribution in [1.29, 1.82) is 0 Å². The smallest absolute Gasteiger partial charge is 0.326 e. The van der Waals surface area contributed by atoms with Gasteiger partial charge in [-0.1, -0.05) is 0 Å². The number of carboxylic acids is 1. The molecule has 0 bridgehead atoms. The fourth-order valence-corrected chi connectivity index (χ4v) is 3.39. The predicted octanol–water partition coefficient (Wildman–Crippen LogP) is 1.67. The van der Waals surface area contributed by atoms with Gasteiger partial charge in [0.25, 0.3) is 0 Å². The molecule has 1 aromatic carbocycles. The van der Waals surface area contributed by atoms with Crippen molar-refractivity contribution in [1.82, 2.24) is 0 Å². The highest BCUT2D eigenvalue weighted by Crippen LogP contribution is 2.31. The molecule has 0 saturated carbocycles. The van der Waals surface area contributed by atoms with Gasteiger partial charge in [0.1, 0.15) is 11.9 Å². The van der Waals surface area contributed by atoms with Crippen LogP contribution in [-0.2, 0) is 14.6 Å². The Kier molecular flexibility index (Phi) is 3.99. The standard InChI is InChI=1S/C13H16FNO4S/c1-20(18,19)12-8-9(14)5-6-10(12)15-7-3-2-4-11(15)13(16)17/h5-6,8,11H,2-4,7H2,1H3,(H,16,17). The molecule has 0 amide bonds. The maximum Gasteiger partial charge on any atom is 0.326 e.